The SMILES string of the molecule is NCc1[c]cc(Br)c(OCc2ccccc2)c1. The number of halogens is 1. The van der Waals surface area contributed by atoms with Gasteiger partial charge >= 0.3 is 0 Å². The summed E-state index contributed by atoms with van der Waals surface area (Å²) in [5.74, 6) is 0.799. The Kier molecular flexibility index (Phi) is 4.18. The molecule has 87 valence electrons. The highest BCUT2D eigenvalue weighted by molar-refractivity contribution is 9.10. The van der Waals surface area contributed by atoms with E-state index in [1.807, 2.05) is 42.5 Å². The predicted molar refractivity (Wildman–Crippen MR) is 71.6 cm³/mol. The molecule has 2 nitrogen and oxygen atoms in total. The molecule has 3 heteroatoms. The van der Waals surface area contributed by atoms with Crippen molar-refractivity contribution in [3.8, 4) is 5.75 Å². The molecule has 0 atom stereocenters. The fourth-order valence-electron chi connectivity index (χ4n) is 1.46. The molecule has 0 spiro atoms. The Morgan fingerprint density at radius 2 is 2.00 bits per heavy atom. The summed E-state index contributed by atoms with van der Waals surface area (Å²) in [7, 11) is 0. The van der Waals surface area contributed by atoms with Crippen LogP contribution in [0.2, 0.25) is 0 Å². The van der Waals surface area contributed by atoms with Crippen molar-refractivity contribution in [2.24, 2.45) is 5.73 Å². The van der Waals surface area contributed by atoms with Gasteiger partial charge in [0.2, 0.25) is 0 Å². The van der Waals surface area contributed by atoms with E-state index in [0.717, 1.165) is 21.3 Å². The maximum absolute atomic E-state index is 5.74. The first-order valence-corrected chi connectivity index (χ1v) is 6.16. The molecule has 0 aromatic heterocycles. The lowest BCUT2D eigenvalue weighted by atomic mass is 10.2. The summed E-state index contributed by atoms with van der Waals surface area (Å²) in [5.41, 5.74) is 7.66. The van der Waals surface area contributed by atoms with Gasteiger partial charge in [-0.15, -0.1) is 0 Å². The first kappa shape index (κ1) is 12.1. The van der Waals surface area contributed by atoms with E-state index in [0.29, 0.717) is 13.2 Å². The van der Waals surface area contributed by atoms with Gasteiger partial charge in [-0.05, 0) is 45.3 Å². The van der Waals surface area contributed by atoms with Crippen LogP contribution in [0, 0.1) is 6.07 Å². The van der Waals surface area contributed by atoms with Gasteiger partial charge < -0.3 is 10.5 Å². The molecule has 17 heavy (non-hydrogen) atoms. The predicted octanol–water partition coefficient (Wildman–Crippen LogP) is 3.29. The summed E-state index contributed by atoms with van der Waals surface area (Å²) in [4.78, 5) is 0. The van der Waals surface area contributed by atoms with Gasteiger partial charge in [-0.3, -0.25) is 0 Å². The molecule has 0 saturated carbocycles. The molecule has 2 N–H and O–H groups in total. The Morgan fingerprint density at radius 1 is 1.24 bits per heavy atom. The first-order chi connectivity index (χ1) is 8.29. The lowest BCUT2D eigenvalue weighted by Gasteiger charge is -2.09. The molecule has 0 bridgehead atoms. The van der Waals surface area contributed by atoms with Gasteiger partial charge in [-0.2, -0.15) is 0 Å². The van der Waals surface area contributed by atoms with Crippen molar-refractivity contribution in [3.63, 3.8) is 0 Å². The minimum absolute atomic E-state index is 0.467. The summed E-state index contributed by atoms with van der Waals surface area (Å²) >= 11 is 3.44. The Morgan fingerprint density at radius 3 is 2.71 bits per heavy atom. The maximum atomic E-state index is 5.74. The fourth-order valence-corrected chi connectivity index (χ4v) is 1.80. The van der Waals surface area contributed by atoms with E-state index < -0.39 is 0 Å². The highest BCUT2D eigenvalue weighted by Gasteiger charge is 2.03. The van der Waals surface area contributed by atoms with Gasteiger partial charge in [0.15, 0.2) is 0 Å². The molecule has 2 aromatic carbocycles. The van der Waals surface area contributed by atoms with Crippen LogP contribution in [-0.2, 0) is 13.2 Å². The Bertz CT molecular complexity index is 485. The van der Waals surface area contributed by atoms with Gasteiger partial charge in [0, 0.05) is 6.54 Å². The molecule has 0 aliphatic rings. The highest BCUT2D eigenvalue weighted by atomic mass is 79.9. The second-order valence-electron chi connectivity index (χ2n) is 3.65. The molecular weight excluding hydrogens is 278 g/mol. The van der Waals surface area contributed by atoms with Gasteiger partial charge in [-0.25, -0.2) is 0 Å². The smallest absolute Gasteiger partial charge is 0.134 e. The van der Waals surface area contributed by atoms with E-state index in [9.17, 15) is 0 Å². The first-order valence-electron chi connectivity index (χ1n) is 5.36. The van der Waals surface area contributed by atoms with E-state index in [2.05, 4.69) is 22.0 Å². The quantitative estimate of drug-likeness (QED) is 0.938. The van der Waals surface area contributed by atoms with Crippen molar-refractivity contribution in [1.29, 1.82) is 0 Å². The number of ether oxygens (including phenoxy) is 1. The number of benzene rings is 2. The maximum Gasteiger partial charge on any atom is 0.134 e. The van der Waals surface area contributed by atoms with Gasteiger partial charge in [-0.1, -0.05) is 30.3 Å². The largest absolute Gasteiger partial charge is 0.488 e. The second kappa shape index (κ2) is 5.84. The van der Waals surface area contributed by atoms with E-state index in [4.69, 9.17) is 10.5 Å². The second-order valence-corrected chi connectivity index (χ2v) is 4.50. The Balaban J connectivity index is 2.08. The number of nitrogens with two attached hydrogens (primary N) is 1. The molecule has 0 heterocycles. The van der Waals surface area contributed by atoms with Gasteiger partial charge in [0.05, 0.1) is 4.47 Å². The highest BCUT2D eigenvalue weighted by Crippen LogP contribution is 2.26. The Labute approximate surface area is 110 Å². The van der Waals surface area contributed by atoms with E-state index in [1.165, 1.54) is 0 Å². The van der Waals surface area contributed by atoms with Gasteiger partial charge in [0.1, 0.15) is 12.4 Å². The molecule has 0 aliphatic heterocycles. The lowest BCUT2D eigenvalue weighted by molar-refractivity contribution is 0.304. The van der Waals surface area contributed by atoms with Crippen LogP contribution in [0.3, 0.4) is 0 Å². The number of rotatable bonds is 4. The average molecular weight is 291 g/mol. The molecule has 1 radical (unpaired) electrons. The molecule has 0 amide bonds. The van der Waals surface area contributed by atoms with Crippen LogP contribution in [-0.4, -0.2) is 0 Å². The van der Waals surface area contributed by atoms with Crippen molar-refractivity contribution in [3.05, 3.63) is 64.1 Å². The summed E-state index contributed by atoms with van der Waals surface area (Å²) in [6.45, 7) is 1.02. The molecular formula is C14H13BrNO. The molecule has 2 rings (SSSR count). The zero-order chi connectivity index (χ0) is 12.1. The third-order valence-electron chi connectivity index (χ3n) is 2.38. The third kappa shape index (κ3) is 3.32. The van der Waals surface area contributed by atoms with Crippen LogP contribution < -0.4 is 10.5 Å². The number of hydrogen-bond acceptors (Lipinski definition) is 2. The third-order valence-corrected chi connectivity index (χ3v) is 3.00. The van der Waals surface area contributed by atoms with E-state index in [-0.39, 0.29) is 0 Å². The molecule has 0 aliphatic carbocycles. The molecule has 0 saturated heterocycles. The van der Waals surface area contributed by atoms with Crippen LogP contribution in [0.25, 0.3) is 0 Å². The van der Waals surface area contributed by atoms with Crippen LogP contribution in [0.15, 0.2) is 46.9 Å². The van der Waals surface area contributed by atoms with Gasteiger partial charge in [0.25, 0.3) is 0 Å². The Hall–Kier alpha value is -1.32. The van der Waals surface area contributed by atoms with Crippen LogP contribution >= 0.6 is 15.9 Å². The fraction of sp³-hybridized carbons (Fsp3) is 0.143. The summed E-state index contributed by atoms with van der Waals surface area (Å²) in [5, 5.41) is 0. The molecule has 2 aromatic rings. The van der Waals surface area contributed by atoms with Crippen LogP contribution in [0.4, 0.5) is 0 Å². The van der Waals surface area contributed by atoms with Crippen molar-refractivity contribution < 1.29 is 4.74 Å². The van der Waals surface area contributed by atoms with Crippen LogP contribution in [0.5, 0.6) is 5.75 Å². The average Bonchev–Trinajstić information content (AvgIpc) is 2.39. The standard InChI is InChI=1S/C14H13BrNO/c15-13-7-6-12(9-16)8-14(13)17-10-11-4-2-1-3-5-11/h1-5,7-8H,9-10,16H2. The summed E-state index contributed by atoms with van der Waals surface area (Å²) in [6.07, 6.45) is 0. The zero-order valence-corrected chi connectivity index (χ0v) is 10.9. The topological polar surface area (TPSA) is 35.2 Å². The van der Waals surface area contributed by atoms with E-state index in [1.54, 1.807) is 0 Å². The molecule has 0 fully saturated rings. The van der Waals surface area contributed by atoms with Crippen molar-refractivity contribution in [2.45, 2.75) is 13.2 Å². The lowest BCUT2D eigenvalue weighted by Crippen LogP contribution is -1.99. The zero-order valence-electron chi connectivity index (χ0n) is 9.32. The molecule has 0 unspecified atom stereocenters. The normalized spacial score (nSPS) is 10.2. The minimum atomic E-state index is 0.467. The van der Waals surface area contributed by atoms with Crippen LogP contribution in [0.1, 0.15) is 11.1 Å². The summed E-state index contributed by atoms with van der Waals surface area (Å²) < 4.78 is 6.64. The van der Waals surface area contributed by atoms with E-state index >= 15 is 0 Å². The minimum Gasteiger partial charge on any atom is -0.488 e. The summed E-state index contributed by atoms with van der Waals surface area (Å²) in [6, 6.07) is 16.9. The number of hydrogen-bond donors (Lipinski definition) is 1. The van der Waals surface area contributed by atoms with Crippen molar-refractivity contribution in [2.75, 3.05) is 0 Å². The van der Waals surface area contributed by atoms with Crippen molar-refractivity contribution >= 4 is 15.9 Å². The monoisotopic (exact) mass is 290 g/mol. The van der Waals surface area contributed by atoms with Crippen molar-refractivity contribution in [1.82, 2.24) is 0 Å².